The lowest BCUT2D eigenvalue weighted by Crippen LogP contribution is -2.29. The second kappa shape index (κ2) is 7.58. The van der Waals surface area contributed by atoms with Gasteiger partial charge in [-0.15, -0.1) is 0 Å². The monoisotopic (exact) mass is 408 g/mol. The Morgan fingerprint density at radius 2 is 1.27 bits per heavy atom. The SMILES string of the molecule is CC(=O)c1c(O)c(O)c(=C\c2ccccc2)/c(=C\c2ccccc2)c1Br. The molecule has 0 radical (unpaired) electrons. The molecular formula is C22H17BrO3. The third-order valence-corrected chi connectivity index (χ3v) is 4.86. The summed E-state index contributed by atoms with van der Waals surface area (Å²) in [5, 5.41) is 22.0. The van der Waals surface area contributed by atoms with E-state index in [2.05, 4.69) is 15.9 Å². The largest absolute Gasteiger partial charge is 0.504 e. The Bertz CT molecular complexity index is 1070. The van der Waals surface area contributed by atoms with Gasteiger partial charge in [0.25, 0.3) is 0 Å². The van der Waals surface area contributed by atoms with Crippen LogP contribution in [0.4, 0.5) is 0 Å². The van der Waals surface area contributed by atoms with E-state index in [0.717, 1.165) is 11.1 Å². The van der Waals surface area contributed by atoms with Gasteiger partial charge in [-0.05, 0) is 46.1 Å². The molecule has 130 valence electrons. The number of phenolic OH excluding ortho intramolecular Hbond substituents is 2. The van der Waals surface area contributed by atoms with Crippen molar-refractivity contribution in [3.8, 4) is 11.5 Å². The summed E-state index contributed by atoms with van der Waals surface area (Å²) in [7, 11) is 0. The number of halogens is 1. The fourth-order valence-corrected chi connectivity index (χ4v) is 3.57. The first-order valence-corrected chi connectivity index (χ1v) is 8.86. The first kappa shape index (κ1) is 18.0. The van der Waals surface area contributed by atoms with E-state index in [1.807, 2.05) is 66.7 Å². The van der Waals surface area contributed by atoms with Gasteiger partial charge in [0.2, 0.25) is 0 Å². The third kappa shape index (κ3) is 3.55. The molecule has 0 fully saturated rings. The van der Waals surface area contributed by atoms with E-state index in [-0.39, 0.29) is 17.1 Å². The summed E-state index contributed by atoms with van der Waals surface area (Å²) in [4.78, 5) is 12.0. The summed E-state index contributed by atoms with van der Waals surface area (Å²) in [6.45, 7) is 1.35. The molecule has 0 spiro atoms. The third-order valence-electron chi connectivity index (χ3n) is 4.04. The summed E-state index contributed by atoms with van der Waals surface area (Å²) in [5.41, 5.74) is 1.85. The van der Waals surface area contributed by atoms with Crippen LogP contribution >= 0.6 is 15.9 Å². The zero-order valence-electron chi connectivity index (χ0n) is 14.1. The number of ketones is 1. The topological polar surface area (TPSA) is 57.5 Å². The van der Waals surface area contributed by atoms with E-state index >= 15 is 0 Å². The van der Waals surface area contributed by atoms with Gasteiger partial charge in [-0.2, -0.15) is 0 Å². The summed E-state index contributed by atoms with van der Waals surface area (Å²) >= 11 is 3.45. The van der Waals surface area contributed by atoms with Gasteiger partial charge in [0, 0.05) is 14.9 Å². The molecule has 3 aromatic carbocycles. The molecule has 0 aliphatic heterocycles. The van der Waals surface area contributed by atoms with Crippen LogP contribution in [-0.2, 0) is 0 Å². The highest BCUT2D eigenvalue weighted by molar-refractivity contribution is 9.10. The van der Waals surface area contributed by atoms with Gasteiger partial charge >= 0.3 is 0 Å². The number of hydrogen-bond acceptors (Lipinski definition) is 3. The highest BCUT2D eigenvalue weighted by Gasteiger charge is 2.18. The Kier molecular flexibility index (Phi) is 5.24. The molecule has 0 atom stereocenters. The minimum absolute atomic E-state index is 0.0647. The number of rotatable bonds is 3. The predicted octanol–water partition coefficient (Wildman–Crippen LogP) is 3.72. The zero-order chi connectivity index (χ0) is 18.7. The van der Waals surface area contributed by atoms with Crippen LogP contribution in [-0.4, -0.2) is 16.0 Å². The zero-order valence-corrected chi connectivity index (χ0v) is 15.7. The lowest BCUT2D eigenvalue weighted by Gasteiger charge is -2.09. The highest BCUT2D eigenvalue weighted by atomic mass is 79.9. The second-order valence-electron chi connectivity index (χ2n) is 5.88. The second-order valence-corrected chi connectivity index (χ2v) is 6.67. The quantitative estimate of drug-likeness (QED) is 0.512. The molecule has 0 bridgehead atoms. The van der Waals surface area contributed by atoms with Gasteiger partial charge in [-0.25, -0.2) is 0 Å². The van der Waals surface area contributed by atoms with Crippen molar-refractivity contribution in [1.29, 1.82) is 0 Å². The molecule has 0 heterocycles. The molecule has 0 saturated heterocycles. The van der Waals surface area contributed by atoms with Crippen LogP contribution in [0.3, 0.4) is 0 Å². The Morgan fingerprint density at radius 1 is 0.808 bits per heavy atom. The molecule has 0 aliphatic rings. The average molecular weight is 409 g/mol. The number of aromatic hydroxyl groups is 2. The van der Waals surface area contributed by atoms with Crippen molar-refractivity contribution < 1.29 is 15.0 Å². The molecule has 3 aromatic rings. The van der Waals surface area contributed by atoms with Crippen molar-refractivity contribution in [3.63, 3.8) is 0 Å². The van der Waals surface area contributed by atoms with E-state index < -0.39 is 5.75 Å². The van der Waals surface area contributed by atoms with Crippen LogP contribution in [0.2, 0.25) is 0 Å². The van der Waals surface area contributed by atoms with Crippen molar-refractivity contribution in [2.75, 3.05) is 0 Å². The summed E-state index contributed by atoms with van der Waals surface area (Å²) in [5.74, 6) is -1.07. The van der Waals surface area contributed by atoms with E-state index in [4.69, 9.17) is 0 Å². The van der Waals surface area contributed by atoms with Crippen molar-refractivity contribution in [1.82, 2.24) is 0 Å². The molecule has 3 rings (SSSR count). The molecule has 0 saturated carbocycles. The number of Topliss-reactive ketones (excluding diaryl/α,β-unsaturated/α-hetero) is 1. The summed E-state index contributed by atoms with van der Waals surface area (Å²) in [6.07, 6.45) is 3.64. The number of phenols is 2. The number of hydrogen-bond donors (Lipinski definition) is 2. The van der Waals surface area contributed by atoms with Crippen LogP contribution in [0.1, 0.15) is 28.4 Å². The average Bonchev–Trinajstić information content (AvgIpc) is 2.64. The number of benzene rings is 3. The van der Waals surface area contributed by atoms with Gasteiger partial charge in [-0.3, -0.25) is 4.79 Å². The Labute approximate surface area is 159 Å². The smallest absolute Gasteiger partial charge is 0.170 e. The van der Waals surface area contributed by atoms with Crippen molar-refractivity contribution >= 4 is 33.9 Å². The van der Waals surface area contributed by atoms with E-state index in [0.29, 0.717) is 14.9 Å². The van der Waals surface area contributed by atoms with Crippen molar-refractivity contribution in [2.24, 2.45) is 0 Å². The van der Waals surface area contributed by atoms with Gasteiger partial charge < -0.3 is 10.2 Å². The first-order chi connectivity index (χ1) is 12.5. The Hall–Kier alpha value is -2.85. The maximum atomic E-state index is 12.0. The van der Waals surface area contributed by atoms with Gasteiger partial charge in [0.15, 0.2) is 17.3 Å². The minimum Gasteiger partial charge on any atom is -0.504 e. The fourth-order valence-electron chi connectivity index (χ4n) is 2.77. The maximum Gasteiger partial charge on any atom is 0.170 e. The standard InChI is InChI=1S/C22H17BrO3/c1-14(24)19-20(23)17(12-15-8-4-2-5-9-15)18(21(25)22(19)26)13-16-10-6-3-7-11-16/h2-13,25-26H,1H3/b17-12+,18-13-. The Morgan fingerprint density at radius 3 is 1.73 bits per heavy atom. The molecule has 0 amide bonds. The van der Waals surface area contributed by atoms with E-state index in [1.54, 1.807) is 6.08 Å². The maximum absolute atomic E-state index is 12.0. The summed E-state index contributed by atoms with van der Waals surface area (Å²) in [6, 6.07) is 19.1. The minimum atomic E-state index is -0.420. The molecule has 0 aliphatic carbocycles. The fraction of sp³-hybridized carbons (Fsp3) is 0.0455. The van der Waals surface area contributed by atoms with E-state index in [1.165, 1.54) is 6.92 Å². The predicted molar refractivity (Wildman–Crippen MR) is 107 cm³/mol. The molecular weight excluding hydrogens is 392 g/mol. The molecule has 26 heavy (non-hydrogen) atoms. The Balaban J connectivity index is 2.45. The van der Waals surface area contributed by atoms with Crippen LogP contribution < -0.4 is 10.4 Å². The number of carbonyl (C=O) groups is 1. The van der Waals surface area contributed by atoms with Crippen LogP contribution in [0, 0.1) is 0 Å². The first-order valence-electron chi connectivity index (χ1n) is 8.07. The van der Waals surface area contributed by atoms with Gasteiger partial charge in [0.05, 0.1) is 5.56 Å². The highest BCUT2D eigenvalue weighted by Crippen LogP contribution is 2.29. The van der Waals surface area contributed by atoms with Crippen LogP contribution in [0.15, 0.2) is 65.1 Å². The lowest BCUT2D eigenvalue weighted by molar-refractivity contribution is 0.101. The molecule has 4 heteroatoms. The molecule has 3 nitrogen and oxygen atoms in total. The normalized spacial score (nSPS) is 12.4. The van der Waals surface area contributed by atoms with Gasteiger partial charge in [0.1, 0.15) is 0 Å². The van der Waals surface area contributed by atoms with Crippen molar-refractivity contribution in [2.45, 2.75) is 6.92 Å². The molecule has 0 unspecified atom stereocenters. The van der Waals surface area contributed by atoms with Crippen molar-refractivity contribution in [3.05, 3.63) is 92.3 Å². The number of carbonyl (C=O) groups excluding carboxylic acids is 1. The summed E-state index contributed by atoms with van der Waals surface area (Å²) < 4.78 is 0.450. The van der Waals surface area contributed by atoms with Crippen LogP contribution in [0.5, 0.6) is 11.5 Å². The van der Waals surface area contributed by atoms with Gasteiger partial charge in [-0.1, -0.05) is 60.7 Å². The lowest BCUT2D eigenvalue weighted by atomic mass is 10.0. The molecule has 0 aromatic heterocycles. The van der Waals surface area contributed by atoms with Crippen LogP contribution in [0.25, 0.3) is 12.2 Å². The van der Waals surface area contributed by atoms with E-state index in [9.17, 15) is 15.0 Å². The molecule has 2 N–H and O–H groups in total.